The molecule has 1 N–H and O–H groups in total. The minimum absolute atomic E-state index is 0.156. The van der Waals surface area contributed by atoms with Gasteiger partial charge in [0.1, 0.15) is 0 Å². The first-order chi connectivity index (χ1) is 9.63. The van der Waals surface area contributed by atoms with Crippen LogP contribution in [0.5, 0.6) is 0 Å². The number of H-pyrrole nitrogens is 1. The van der Waals surface area contributed by atoms with E-state index in [1.54, 1.807) is 0 Å². The topological polar surface area (TPSA) is 32.9 Å². The molecular weight excluding hydrogens is 246 g/mol. The first kappa shape index (κ1) is 12.7. The summed E-state index contributed by atoms with van der Waals surface area (Å²) in [5.41, 5.74) is 5.26. The zero-order chi connectivity index (χ0) is 14.1. The second-order valence-corrected chi connectivity index (χ2v) is 5.34. The molecule has 2 heteroatoms. The molecule has 1 aromatic heterocycles. The Labute approximate surface area is 118 Å². The minimum atomic E-state index is 0.156. The molecular formula is C18H17NO. The first-order valence-corrected chi connectivity index (χ1v) is 6.80. The molecule has 0 unspecified atom stereocenters. The SMILES string of the molecule is Cc1ccc(CC(=O)c2c[nH]c3cc(C)ccc23)cc1. The fourth-order valence-electron chi connectivity index (χ4n) is 2.46. The normalized spacial score (nSPS) is 10.9. The Morgan fingerprint density at radius 1 is 1.00 bits per heavy atom. The van der Waals surface area contributed by atoms with Gasteiger partial charge in [0.05, 0.1) is 0 Å². The van der Waals surface area contributed by atoms with Crippen molar-refractivity contribution in [3.63, 3.8) is 0 Å². The van der Waals surface area contributed by atoms with E-state index in [0.29, 0.717) is 6.42 Å². The van der Waals surface area contributed by atoms with Gasteiger partial charge in [-0.1, -0.05) is 42.0 Å². The van der Waals surface area contributed by atoms with E-state index in [1.165, 1.54) is 11.1 Å². The van der Waals surface area contributed by atoms with E-state index in [2.05, 4.69) is 11.1 Å². The Hall–Kier alpha value is -2.35. The summed E-state index contributed by atoms with van der Waals surface area (Å²) in [6.07, 6.45) is 2.27. The van der Waals surface area contributed by atoms with Crippen LogP contribution in [0.3, 0.4) is 0 Å². The van der Waals surface area contributed by atoms with Gasteiger partial charge in [-0.25, -0.2) is 0 Å². The number of aromatic nitrogens is 1. The van der Waals surface area contributed by atoms with E-state index < -0.39 is 0 Å². The third kappa shape index (κ3) is 2.37. The maximum Gasteiger partial charge on any atom is 0.169 e. The smallest absolute Gasteiger partial charge is 0.169 e. The number of ketones is 1. The Balaban J connectivity index is 1.91. The molecule has 0 spiro atoms. The van der Waals surface area contributed by atoms with Crippen LogP contribution in [0, 0.1) is 13.8 Å². The van der Waals surface area contributed by atoms with Gasteiger partial charge in [-0.3, -0.25) is 4.79 Å². The summed E-state index contributed by atoms with van der Waals surface area (Å²) < 4.78 is 0. The number of nitrogens with one attached hydrogen (secondary N) is 1. The maximum absolute atomic E-state index is 12.4. The standard InChI is InChI=1S/C18H17NO/c1-12-3-6-14(7-4-12)10-18(20)16-11-19-17-9-13(2)5-8-15(16)17/h3-9,11,19H,10H2,1-2H3. The molecule has 3 rings (SSSR count). The number of carbonyl (C=O) groups excluding carboxylic acids is 1. The molecule has 0 bridgehead atoms. The molecule has 0 aliphatic rings. The Morgan fingerprint density at radius 3 is 2.45 bits per heavy atom. The average Bonchev–Trinajstić information content (AvgIpc) is 2.84. The lowest BCUT2D eigenvalue weighted by atomic mass is 10.0. The van der Waals surface area contributed by atoms with Crippen LogP contribution in [0.25, 0.3) is 10.9 Å². The van der Waals surface area contributed by atoms with Crippen LogP contribution >= 0.6 is 0 Å². The monoisotopic (exact) mass is 263 g/mol. The number of hydrogen-bond donors (Lipinski definition) is 1. The summed E-state index contributed by atoms with van der Waals surface area (Å²) in [6, 6.07) is 14.3. The summed E-state index contributed by atoms with van der Waals surface area (Å²) in [4.78, 5) is 15.6. The molecule has 0 atom stereocenters. The predicted octanol–water partition coefficient (Wildman–Crippen LogP) is 4.21. The highest BCUT2D eigenvalue weighted by molar-refractivity contribution is 6.08. The highest BCUT2D eigenvalue weighted by Crippen LogP contribution is 2.21. The Morgan fingerprint density at radius 2 is 1.70 bits per heavy atom. The average molecular weight is 263 g/mol. The molecule has 100 valence electrons. The van der Waals surface area contributed by atoms with Crippen molar-refractivity contribution in [2.75, 3.05) is 0 Å². The van der Waals surface area contributed by atoms with Crippen molar-refractivity contribution in [1.29, 1.82) is 0 Å². The number of aromatic amines is 1. The van der Waals surface area contributed by atoms with Gasteiger partial charge < -0.3 is 4.98 Å². The number of rotatable bonds is 3. The van der Waals surface area contributed by atoms with Crippen LogP contribution in [0.2, 0.25) is 0 Å². The van der Waals surface area contributed by atoms with Gasteiger partial charge in [-0.2, -0.15) is 0 Å². The third-order valence-corrected chi connectivity index (χ3v) is 3.62. The van der Waals surface area contributed by atoms with Gasteiger partial charge in [-0.15, -0.1) is 0 Å². The summed E-state index contributed by atoms with van der Waals surface area (Å²) in [5, 5.41) is 1.01. The molecule has 0 amide bonds. The molecule has 0 saturated heterocycles. The molecule has 0 fully saturated rings. The van der Waals surface area contributed by atoms with Gasteiger partial charge in [-0.05, 0) is 31.0 Å². The highest BCUT2D eigenvalue weighted by Gasteiger charge is 2.12. The lowest BCUT2D eigenvalue weighted by Gasteiger charge is -2.01. The third-order valence-electron chi connectivity index (χ3n) is 3.62. The molecule has 20 heavy (non-hydrogen) atoms. The Kier molecular flexibility index (Phi) is 3.15. The molecule has 1 heterocycles. The number of Topliss-reactive ketones (excluding diaryl/α,β-unsaturated/α-hetero) is 1. The lowest BCUT2D eigenvalue weighted by Crippen LogP contribution is -2.02. The van der Waals surface area contributed by atoms with Crippen molar-refractivity contribution in [1.82, 2.24) is 4.98 Å². The van der Waals surface area contributed by atoms with Gasteiger partial charge in [0.15, 0.2) is 5.78 Å². The van der Waals surface area contributed by atoms with Crippen molar-refractivity contribution in [3.8, 4) is 0 Å². The van der Waals surface area contributed by atoms with E-state index in [-0.39, 0.29) is 5.78 Å². The molecule has 3 aromatic rings. The van der Waals surface area contributed by atoms with E-state index in [4.69, 9.17) is 0 Å². The van der Waals surface area contributed by atoms with E-state index in [0.717, 1.165) is 22.0 Å². The number of benzene rings is 2. The zero-order valence-corrected chi connectivity index (χ0v) is 11.7. The van der Waals surface area contributed by atoms with E-state index in [1.807, 2.05) is 56.4 Å². The quantitative estimate of drug-likeness (QED) is 0.705. The lowest BCUT2D eigenvalue weighted by molar-refractivity contribution is 0.0994. The molecule has 0 saturated carbocycles. The van der Waals surface area contributed by atoms with Gasteiger partial charge in [0.25, 0.3) is 0 Å². The van der Waals surface area contributed by atoms with Crippen molar-refractivity contribution in [3.05, 3.63) is 70.9 Å². The first-order valence-electron chi connectivity index (χ1n) is 6.80. The van der Waals surface area contributed by atoms with E-state index >= 15 is 0 Å². The van der Waals surface area contributed by atoms with Crippen molar-refractivity contribution in [2.24, 2.45) is 0 Å². The van der Waals surface area contributed by atoms with Gasteiger partial charge >= 0.3 is 0 Å². The zero-order valence-electron chi connectivity index (χ0n) is 11.7. The van der Waals surface area contributed by atoms with Crippen LogP contribution in [-0.2, 0) is 6.42 Å². The summed E-state index contributed by atoms with van der Waals surface area (Å²) in [6.45, 7) is 4.10. The number of hydrogen-bond acceptors (Lipinski definition) is 1. The summed E-state index contributed by atoms with van der Waals surface area (Å²) in [5.74, 6) is 0.156. The second-order valence-electron chi connectivity index (χ2n) is 5.34. The maximum atomic E-state index is 12.4. The number of carbonyl (C=O) groups is 1. The van der Waals surface area contributed by atoms with Crippen molar-refractivity contribution < 1.29 is 4.79 Å². The van der Waals surface area contributed by atoms with Crippen LogP contribution in [0.1, 0.15) is 27.0 Å². The number of fused-ring (bicyclic) bond motifs is 1. The Bertz CT molecular complexity index is 766. The van der Waals surface area contributed by atoms with Gasteiger partial charge in [0, 0.05) is 29.1 Å². The van der Waals surface area contributed by atoms with Crippen molar-refractivity contribution in [2.45, 2.75) is 20.3 Å². The van der Waals surface area contributed by atoms with E-state index in [9.17, 15) is 4.79 Å². The second kappa shape index (κ2) is 4.97. The largest absolute Gasteiger partial charge is 0.360 e. The van der Waals surface area contributed by atoms with Crippen molar-refractivity contribution >= 4 is 16.7 Å². The van der Waals surface area contributed by atoms with Gasteiger partial charge in [0.2, 0.25) is 0 Å². The highest BCUT2D eigenvalue weighted by atomic mass is 16.1. The molecule has 0 aliphatic heterocycles. The van der Waals surface area contributed by atoms with Crippen LogP contribution in [0.4, 0.5) is 0 Å². The number of aryl methyl sites for hydroxylation is 2. The fraction of sp³-hybridized carbons (Fsp3) is 0.167. The van der Waals surface area contributed by atoms with Crippen LogP contribution in [-0.4, -0.2) is 10.8 Å². The van der Waals surface area contributed by atoms with Crippen LogP contribution in [0.15, 0.2) is 48.7 Å². The molecule has 0 radical (unpaired) electrons. The summed E-state index contributed by atoms with van der Waals surface area (Å²) >= 11 is 0. The molecule has 2 nitrogen and oxygen atoms in total. The minimum Gasteiger partial charge on any atom is -0.360 e. The molecule has 0 aliphatic carbocycles. The predicted molar refractivity (Wildman–Crippen MR) is 82.2 cm³/mol. The fourth-order valence-corrected chi connectivity index (χ4v) is 2.46. The van der Waals surface area contributed by atoms with Crippen LogP contribution < -0.4 is 0 Å². The molecule has 2 aromatic carbocycles. The summed E-state index contributed by atoms with van der Waals surface area (Å²) in [7, 11) is 0.